The molecule has 9 aliphatic rings. The standard InChI is InChI=1S/C36H30N2S2.C34H22N2O2.C22H14N2O2.C18H10N6O2.4Pt/c1-35(2)27-17-9-11-21(31(27)39)19-30-24-14-6-8-16-26(24)34(38-30)36(3,4)28-18-10-12-22(32(28)40)20-29-23-13-5-7-15-25(23)33(35)37-29;37-33-23-13-7-15-25(33)31(21-9-3-1-4-10-21)29-19-17-27(35-29)24-14-8-16-26(34(24)38)32(22-11-5-2-6-12-22)30-20-18-28(23)36-30;25-21-13-3-1-5-17(21)19-9-7-16(23-19)12-14-4-2-6-18(22(14)26)20-10-8-15(11-13)24-20;25-15-9-3-1-5-11(15)21-17-20-8-14(24-17)10-4-2-6-12(16(10)26)22-18-19-7-13(9)23-18;;;;/h5-20,39-40H,1-4H3;1-20,37-38H;1-12,25-26H;1-8,25-26H;;;;/q;;;;;;;+2/p-2. The van der Waals surface area contributed by atoms with Crippen LogP contribution in [0.25, 0.3) is 159 Å². The third kappa shape index (κ3) is 16.8. The average molecular weight is 2500 g/mol. The van der Waals surface area contributed by atoms with Crippen LogP contribution in [0.3, 0.4) is 0 Å². The molecule has 24 rings (SSSR count). The van der Waals surface area contributed by atoms with E-state index in [0.29, 0.717) is 110 Å². The largest absolute Gasteiger partial charge is 2.00 e. The second-order valence-corrected chi connectivity index (χ2v) is 33.9. The molecule has 3 aromatic heterocycles. The summed E-state index contributed by atoms with van der Waals surface area (Å²) in [4.78, 5) is 56.9. The SMILES string of the molecule is CC1(C)C2=NC(=Cc3cccc(c3[S-])C(C)(C)C3=NC(=Cc4cccc1c4[S-])c1ccccc13)c1ccccc12.Oc1c2cccc1c(-c1ccccc1)c1nc(c3cccc(c(-c4ccccc4)c4nc2C=C4)c3O)C=C1.Oc1c2cccc1c1nc(cc3cccc(c4nc(c2)C=C4)c3O)C=C1.Oc1c2cccc1c1nc(nc3cccc(c4nc(n2)N=C4)c3O)N=C1.[Pt+2].[Pt].[Pt].[Pt]. The molecule has 0 radical (unpaired) electrons. The number of phenols is 6. The van der Waals surface area contributed by atoms with Crippen LogP contribution in [0.1, 0.15) is 129 Å². The van der Waals surface area contributed by atoms with Crippen LogP contribution in [-0.4, -0.2) is 94.4 Å². The molecule has 12 heterocycles. The van der Waals surface area contributed by atoms with Crippen LogP contribution in [0, 0.1) is 0 Å². The van der Waals surface area contributed by atoms with E-state index in [0.717, 1.165) is 111 Å². The zero-order valence-electron chi connectivity index (χ0n) is 71.5. The molecular formula is C110H74N12O6Pt4S2. The minimum atomic E-state index is -0.420. The molecule has 0 fully saturated rings. The first-order valence-electron chi connectivity index (χ1n) is 42.1. The third-order valence-electron chi connectivity index (χ3n) is 24.4. The van der Waals surface area contributed by atoms with Crippen molar-refractivity contribution in [2.24, 2.45) is 20.0 Å². The minimum Gasteiger partial charge on any atom is -0.779 e. The number of aromatic hydroxyl groups is 6. The Morgan fingerprint density at radius 2 is 0.597 bits per heavy atom. The molecule has 0 atom stereocenters. The van der Waals surface area contributed by atoms with Crippen molar-refractivity contribution in [1.82, 2.24) is 39.9 Å². The number of hydrogen-bond donors (Lipinski definition) is 6. The molecule has 18 nitrogen and oxygen atoms in total. The predicted molar refractivity (Wildman–Crippen MR) is 529 cm³/mol. The Kier molecular flexibility index (Phi) is 25.8. The maximum atomic E-state index is 11.6. The number of para-hydroxylation sites is 6. The van der Waals surface area contributed by atoms with Gasteiger partial charge < -0.3 is 55.9 Å². The van der Waals surface area contributed by atoms with Crippen LogP contribution in [0.2, 0.25) is 0 Å². The Morgan fingerprint density at radius 3 is 1.00 bits per heavy atom. The van der Waals surface area contributed by atoms with Gasteiger partial charge in [0.05, 0.1) is 92.2 Å². The second-order valence-electron chi connectivity index (χ2n) is 33.1. The van der Waals surface area contributed by atoms with E-state index in [1.807, 2.05) is 194 Å². The second kappa shape index (κ2) is 37.6. The summed E-state index contributed by atoms with van der Waals surface area (Å²) >= 11 is 12.4. The molecule has 0 saturated heterocycles. The van der Waals surface area contributed by atoms with Crippen molar-refractivity contribution in [3.63, 3.8) is 0 Å². The van der Waals surface area contributed by atoms with Gasteiger partial charge in [-0.2, -0.15) is 9.79 Å². The minimum absolute atomic E-state index is 0. The molecule has 0 unspecified atom stereocenters. The average Bonchev–Trinajstić information content (AvgIpc) is 1.59. The number of nitrogens with zero attached hydrogens (tertiary/aromatic N) is 12. The Balaban J connectivity index is 0.000000125. The van der Waals surface area contributed by atoms with E-state index >= 15 is 0 Å². The summed E-state index contributed by atoms with van der Waals surface area (Å²) in [6.07, 6.45) is 22.5. The Hall–Kier alpha value is -13.9. The van der Waals surface area contributed by atoms with E-state index in [4.69, 9.17) is 45.2 Å². The van der Waals surface area contributed by atoms with E-state index in [2.05, 4.69) is 165 Å². The first-order valence-corrected chi connectivity index (χ1v) is 43.0. The van der Waals surface area contributed by atoms with Crippen molar-refractivity contribution in [3.05, 3.63) is 368 Å². The fourth-order valence-corrected chi connectivity index (χ4v) is 18.7. The van der Waals surface area contributed by atoms with E-state index < -0.39 is 10.8 Å². The van der Waals surface area contributed by atoms with Crippen LogP contribution in [0.4, 0.5) is 11.9 Å². The summed E-state index contributed by atoms with van der Waals surface area (Å²) in [7, 11) is 0. The van der Waals surface area contributed by atoms with Gasteiger partial charge >= 0.3 is 21.1 Å². The molecule has 0 saturated carbocycles. The quantitative estimate of drug-likeness (QED) is 0.0878. The van der Waals surface area contributed by atoms with Gasteiger partial charge in [-0.15, -0.1) is 0 Å². The predicted octanol–water partition coefficient (Wildman–Crippen LogP) is 24.2. The number of aromatic nitrogens is 8. The van der Waals surface area contributed by atoms with Gasteiger partial charge in [-0.1, -0.05) is 245 Å². The molecule has 15 aromatic rings. The Bertz CT molecular complexity index is 7570. The monoisotopic (exact) mass is 2500 g/mol. The normalized spacial score (nSPS) is 13.6. The Morgan fingerprint density at radius 1 is 0.276 bits per heavy atom. The Labute approximate surface area is 838 Å². The van der Waals surface area contributed by atoms with Gasteiger partial charge in [-0.05, 0) is 144 Å². The molecule has 9 aliphatic heterocycles. The number of phenolic OH excluding ortho intramolecular Hbond substituents is 6. The fourth-order valence-electron chi connectivity index (χ4n) is 17.8. The maximum Gasteiger partial charge on any atom is 2.00 e. The molecule has 134 heavy (non-hydrogen) atoms. The van der Waals surface area contributed by atoms with Crippen LogP contribution in [-0.2, 0) is 120 Å². The molecular weight excluding hydrogens is 2430 g/mol. The zero-order chi connectivity index (χ0) is 88.8. The summed E-state index contributed by atoms with van der Waals surface area (Å²) in [6.45, 7) is 8.89. The van der Waals surface area contributed by atoms with E-state index in [1.165, 1.54) is 12.4 Å². The summed E-state index contributed by atoms with van der Waals surface area (Å²) in [5, 5.41) is 71.9. The third-order valence-corrected chi connectivity index (χ3v) is 25.3. The molecule has 662 valence electrons. The summed E-state index contributed by atoms with van der Waals surface area (Å²) in [6, 6.07) is 86.0. The fraction of sp³-hybridized carbons (Fsp3) is 0.0545. The van der Waals surface area contributed by atoms with Gasteiger partial charge in [0.15, 0.2) is 11.5 Å². The van der Waals surface area contributed by atoms with Crippen molar-refractivity contribution < 1.29 is 115 Å². The van der Waals surface area contributed by atoms with Crippen molar-refractivity contribution in [2.45, 2.75) is 48.3 Å². The van der Waals surface area contributed by atoms with Gasteiger partial charge in [-0.25, -0.2) is 49.9 Å². The number of rotatable bonds is 2. The van der Waals surface area contributed by atoms with E-state index in [-0.39, 0.29) is 131 Å². The number of aliphatic imine (C=N–C) groups is 4. The van der Waals surface area contributed by atoms with Gasteiger partial charge in [-0.3, -0.25) is 9.98 Å². The molecule has 32 bridgehead atoms. The first-order chi connectivity index (χ1) is 63.2. The molecule has 24 heteroatoms. The summed E-state index contributed by atoms with van der Waals surface area (Å²) in [5.41, 5.74) is 22.3. The van der Waals surface area contributed by atoms with Gasteiger partial charge in [0.1, 0.15) is 34.0 Å². The van der Waals surface area contributed by atoms with Crippen molar-refractivity contribution in [1.29, 1.82) is 0 Å². The smallest absolute Gasteiger partial charge is 0.779 e. The van der Waals surface area contributed by atoms with Crippen LogP contribution in [0.15, 0.2) is 297 Å². The molecule has 0 amide bonds. The molecule has 0 aliphatic carbocycles. The maximum absolute atomic E-state index is 11.6. The molecule has 12 aromatic carbocycles. The van der Waals surface area contributed by atoms with Gasteiger partial charge in [0, 0.05) is 161 Å². The van der Waals surface area contributed by atoms with Crippen molar-refractivity contribution in [3.8, 4) is 56.8 Å². The van der Waals surface area contributed by atoms with Crippen molar-refractivity contribution >= 4 is 198 Å². The van der Waals surface area contributed by atoms with E-state index in [9.17, 15) is 30.6 Å². The van der Waals surface area contributed by atoms with E-state index in [1.54, 1.807) is 36.4 Å². The van der Waals surface area contributed by atoms with Crippen LogP contribution >= 0.6 is 0 Å². The number of hydrogen-bond acceptors (Lipinski definition) is 20. The summed E-state index contributed by atoms with van der Waals surface area (Å²) in [5.74, 6) is 0.953. The zero-order valence-corrected chi connectivity index (χ0v) is 82.2. The van der Waals surface area contributed by atoms with Gasteiger partial charge in [0.25, 0.3) is 11.9 Å². The number of fused-ring (bicyclic) bond motifs is 42. The first kappa shape index (κ1) is 91.9. The van der Waals surface area contributed by atoms with Crippen LogP contribution in [0.5, 0.6) is 34.5 Å². The summed E-state index contributed by atoms with van der Waals surface area (Å²) < 4.78 is 0. The molecule has 6 N–H and O–H groups in total. The number of benzene rings is 12. The molecule has 0 spiro atoms. The van der Waals surface area contributed by atoms with Crippen molar-refractivity contribution in [2.75, 3.05) is 0 Å². The topological polar surface area (TPSA) is 274 Å². The van der Waals surface area contributed by atoms with Crippen LogP contribution < -0.4 is 0 Å². The van der Waals surface area contributed by atoms with Gasteiger partial charge in [0.2, 0.25) is 0 Å².